The molecule has 2 nitrogen and oxygen atoms in total. The van der Waals surface area contributed by atoms with Crippen LogP contribution in [0.15, 0.2) is 48.7 Å². The predicted octanol–water partition coefficient (Wildman–Crippen LogP) is 4.87. The molecule has 0 fully saturated rings. The van der Waals surface area contributed by atoms with Crippen LogP contribution in [-0.2, 0) is 6.54 Å². The van der Waals surface area contributed by atoms with Crippen molar-refractivity contribution in [3.05, 3.63) is 69.8 Å². The molecule has 0 aliphatic carbocycles. The summed E-state index contributed by atoms with van der Waals surface area (Å²) in [5.74, 6) is 0. The second-order valence-electron chi connectivity index (χ2n) is 4.51. The molecule has 0 N–H and O–H groups in total. The summed E-state index contributed by atoms with van der Waals surface area (Å²) in [5.41, 5.74) is 2.65. The van der Waals surface area contributed by atoms with Crippen LogP contribution in [0.25, 0.3) is 10.9 Å². The molecule has 0 atom stereocenters. The fourth-order valence-electron chi connectivity index (χ4n) is 2.31. The normalized spacial score (nSPS) is 10.7. The van der Waals surface area contributed by atoms with Crippen molar-refractivity contribution in [2.75, 3.05) is 0 Å². The Kier molecular flexibility index (Phi) is 3.40. The van der Waals surface area contributed by atoms with Crippen LogP contribution in [0.3, 0.4) is 0 Å². The van der Waals surface area contributed by atoms with E-state index in [9.17, 15) is 0 Å². The molecule has 0 saturated heterocycles. The zero-order valence-electron chi connectivity index (χ0n) is 10.5. The van der Waals surface area contributed by atoms with Crippen molar-refractivity contribution in [1.82, 2.24) is 4.57 Å². The first kappa shape index (κ1) is 13.1. The SMILES string of the molecule is N#Cc1cccc2c1ccn2Cc1cccc(Cl)c1Cl. The zero-order chi connectivity index (χ0) is 14.1. The van der Waals surface area contributed by atoms with Crippen molar-refractivity contribution in [3.63, 3.8) is 0 Å². The van der Waals surface area contributed by atoms with Gasteiger partial charge < -0.3 is 4.57 Å². The molecule has 20 heavy (non-hydrogen) atoms. The Bertz CT molecular complexity index is 828. The van der Waals surface area contributed by atoms with Crippen molar-refractivity contribution >= 4 is 34.1 Å². The average molecular weight is 301 g/mol. The minimum absolute atomic E-state index is 0.554. The smallest absolute Gasteiger partial charge is 0.0998 e. The van der Waals surface area contributed by atoms with E-state index in [1.54, 1.807) is 6.07 Å². The largest absolute Gasteiger partial charge is 0.343 e. The molecule has 0 radical (unpaired) electrons. The molecule has 2 aromatic carbocycles. The van der Waals surface area contributed by atoms with Crippen LogP contribution in [0.4, 0.5) is 0 Å². The Morgan fingerprint density at radius 1 is 1.05 bits per heavy atom. The predicted molar refractivity (Wildman–Crippen MR) is 82.2 cm³/mol. The second-order valence-corrected chi connectivity index (χ2v) is 5.29. The lowest BCUT2D eigenvalue weighted by Gasteiger charge is -2.08. The third kappa shape index (κ3) is 2.16. The third-order valence-corrected chi connectivity index (χ3v) is 4.16. The highest BCUT2D eigenvalue weighted by molar-refractivity contribution is 6.42. The second kappa shape index (κ2) is 5.20. The Labute approximate surface area is 126 Å². The van der Waals surface area contributed by atoms with E-state index in [-0.39, 0.29) is 0 Å². The van der Waals surface area contributed by atoms with Gasteiger partial charge in [-0.1, -0.05) is 41.4 Å². The van der Waals surface area contributed by atoms with Gasteiger partial charge in [-0.3, -0.25) is 0 Å². The number of benzene rings is 2. The van der Waals surface area contributed by atoms with Gasteiger partial charge in [-0.25, -0.2) is 0 Å². The Balaban J connectivity index is 2.08. The molecule has 3 rings (SSSR count). The monoisotopic (exact) mass is 300 g/mol. The van der Waals surface area contributed by atoms with E-state index in [0.717, 1.165) is 16.5 Å². The topological polar surface area (TPSA) is 28.7 Å². The highest BCUT2D eigenvalue weighted by atomic mass is 35.5. The summed E-state index contributed by atoms with van der Waals surface area (Å²) in [4.78, 5) is 0. The molecule has 4 heteroatoms. The zero-order valence-corrected chi connectivity index (χ0v) is 12.0. The summed E-state index contributed by atoms with van der Waals surface area (Å²) < 4.78 is 2.06. The molecule has 0 saturated carbocycles. The van der Waals surface area contributed by atoms with Gasteiger partial charge in [0.1, 0.15) is 0 Å². The fraction of sp³-hybridized carbons (Fsp3) is 0.0625. The summed E-state index contributed by atoms with van der Waals surface area (Å²) in [5, 5.41) is 11.2. The number of hydrogen-bond donors (Lipinski definition) is 0. The number of hydrogen-bond acceptors (Lipinski definition) is 1. The summed E-state index contributed by atoms with van der Waals surface area (Å²) in [6.45, 7) is 0.623. The van der Waals surface area contributed by atoms with E-state index in [1.165, 1.54) is 0 Å². The van der Waals surface area contributed by atoms with E-state index in [0.29, 0.717) is 22.2 Å². The number of rotatable bonds is 2. The van der Waals surface area contributed by atoms with Crippen LogP contribution in [0.5, 0.6) is 0 Å². The molecular formula is C16H10Cl2N2. The van der Waals surface area contributed by atoms with E-state index in [4.69, 9.17) is 28.5 Å². The summed E-state index contributed by atoms with van der Waals surface area (Å²) >= 11 is 12.3. The molecule has 1 heterocycles. The first-order valence-corrected chi connectivity index (χ1v) is 6.87. The maximum absolute atomic E-state index is 9.12. The Morgan fingerprint density at radius 2 is 1.85 bits per heavy atom. The van der Waals surface area contributed by atoms with Gasteiger partial charge in [-0.05, 0) is 29.8 Å². The van der Waals surface area contributed by atoms with Crippen molar-refractivity contribution < 1.29 is 0 Å². The first-order chi connectivity index (χ1) is 9.70. The van der Waals surface area contributed by atoms with E-state index >= 15 is 0 Å². The minimum atomic E-state index is 0.554. The molecular weight excluding hydrogens is 291 g/mol. The minimum Gasteiger partial charge on any atom is -0.343 e. The van der Waals surface area contributed by atoms with Gasteiger partial charge in [0.25, 0.3) is 0 Å². The van der Waals surface area contributed by atoms with E-state index in [1.807, 2.05) is 42.6 Å². The highest BCUT2D eigenvalue weighted by Gasteiger charge is 2.08. The van der Waals surface area contributed by atoms with Crippen LogP contribution in [-0.4, -0.2) is 4.57 Å². The van der Waals surface area contributed by atoms with Gasteiger partial charge in [0.2, 0.25) is 0 Å². The lowest BCUT2D eigenvalue weighted by atomic mass is 10.1. The third-order valence-electron chi connectivity index (χ3n) is 3.31. The molecule has 98 valence electrons. The van der Waals surface area contributed by atoms with Crippen molar-refractivity contribution in [3.8, 4) is 6.07 Å². The highest BCUT2D eigenvalue weighted by Crippen LogP contribution is 2.28. The molecule has 1 aromatic heterocycles. The Hall–Kier alpha value is -1.95. The van der Waals surface area contributed by atoms with Crippen LogP contribution in [0.2, 0.25) is 10.0 Å². The molecule has 0 aliphatic rings. The summed E-state index contributed by atoms with van der Waals surface area (Å²) in [7, 11) is 0. The molecule has 0 aliphatic heterocycles. The van der Waals surface area contributed by atoms with Gasteiger partial charge >= 0.3 is 0 Å². The number of nitrogens with zero attached hydrogens (tertiary/aromatic N) is 2. The van der Waals surface area contributed by atoms with E-state index < -0.39 is 0 Å². The van der Waals surface area contributed by atoms with Gasteiger partial charge in [0.15, 0.2) is 0 Å². The average Bonchev–Trinajstić information content (AvgIpc) is 2.87. The standard InChI is InChI=1S/C16H10Cl2N2/c17-14-5-1-4-12(16(14)18)10-20-8-7-13-11(9-19)3-2-6-15(13)20/h1-8H,10H2. The molecule has 0 amide bonds. The molecule has 3 aromatic rings. The maximum Gasteiger partial charge on any atom is 0.0998 e. The maximum atomic E-state index is 9.12. The van der Waals surface area contributed by atoms with Gasteiger partial charge in [0.05, 0.1) is 21.7 Å². The lowest BCUT2D eigenvalue weighted by molar-refractivity contribution is 0.837. The van der Waals surface area contributed by atoms with Gasteiger partial charge in [-0.15, -0.1) is 0 Å². The quantitative estimate of drug-likeness (QED) is 0.664. The van der Waals surface area contributed by atoms with Crippen LogP contribution < -0.4 is 0 Å². The fourth-order valence-corrected chi connectivity index (χ4v) is 2.69. The van der Waals surface area contributed by atoms with Crippen LogP contribution in [0.1, 0.15) is 11.1 Å². The number of halogens is 2. The van der Waals surface area contributed by atoms with Gasteiger partial charge in [0, 0.05) is 23.6 Å². The molecule has 0 unspecified atom stereocenters. The van der Waals surface area contributed by atoms with Crippen LogP contribution >= 0.6 is 23.2 Å². The Morgan fingerprint density at radius 3 is 2.65 bits per heavy atom. The number of aromatic nitrogens is 1. The van der Waals surface area contributed by atoms with Crippen molar-refractivity contribution in [1.29, 1.82) is 5.26 Å². The van der Waals surface area contributed by atoms with Crippen molar-refractivity contribution in [2.24, 2.45) is 0 Å². The number of fused-ring (bicyclic) bond motifs is 1. The van der Waals surface area contributed by atoms with Crippen LogP contribution in [0, 0.1) is 11.3 Å². The van der Waals surface area contributed by atoms with Gasteiger partial charge in [-0.2, -0.15) is 5.26 Å². The number of nitriles is 1. The summed E-state index contributed by atoms with van der Waals surface area (Å²) in [6.07, 6.45) is 1.96. The first-order valence-electron chi connectivity index (χ1n) is 6.11. The molecule has 0 bridgehead atoms. The molecule has 0 spiro atoms. The van der Waals surface area contributed by atoms with Crippen molar-refractivity contribution in [2.45, 2.75) is 6.54 Å². The van der Waals surface area contributed by atoms with E-state index in [2.05, 4.69) is 10.6 Å². The summed E-state index contributed by atoms with van der Waals surface area (Å²) in [6, 6.07) is 15.5. The lowest BCUT2D eigenvalue weighted by Crippen LogP contribution is -1.98.